The lowest BCUT2D eigenvalue weighted by atomic mass is 9.87. The molecule has 1 rings (SSSR count). The summed E-state index contributed by atoms with van der Waals surface area (Å²) in [5, 5.41) is 36.1. The highest BCUT2D eigenvalue weighted by Crippen LogP contribution is 2.42. The topological polar surface area (TPSA) is 148 Å². The Morgan fingerprint density at radius 2 is 1.38 bits per heavy atom. The lowest BCUT2D eigenvalue weighted by Gasteiger charge is -2.41. The van der Waals surface area contributed by atoms with Crippen LogP contribution in [0, 0.1) is 0 Å². The molecule has 0 spiro atoms. The van der Waals surface area contributed by atoms with Crippen molar-refractivity contribution in [2.24, 2.45) is 0 Å². The molecule has 0 heterocycles. The minimum absolute atomic E-state index is 1.24. The number of phosphoric ester groups is 1. The molecular formula is C6H13O8PS. The van der Waals surface area contributed by atoms with E-state index >= 15 is 0 Å². The Bertz CT molecular complexity index is 278. The maximum absolute atomic E-state index is 10.6. The van der Waals surface area contributed by atoms with Gasteiger partial charge in [0.1, 0.15) is 24.4 Å². The first-order valence-corrected chi connectivity index (χ1v) is 6.34. The highest BCUT2D eigenvalue weighted by Gasteiger charge is 2.50. The number of phosphoric acid groups is 1. The molecule has 6 unspecified atom stereocenters. The number of aliphatic hydroxyl groups excluding tert-OH is 4. The molecule has 0 saturated heterocycles. The van der Waals surface area contributed by atoms with E-state index in [2.05, 4.69) is 17.2 Å². The van der Waals surface area contributed by atoms with Crippen molar-refractivity contribution in [3.63, 3.8) is 0 Å². The molecule has 10 heteroatoms. The third-order valence-corrected chi connectivity index (χ3v) is 3.45. The summed E-state index contributed by atoms with van der Waals surface area (Å²) >= 11 is 3.77. The molecule has 0 radical (unpaired) electrons. The summed E-state index contributed by atoms with van der Waals surface area (Å²) in [7, 11) is -4.89. The Morgan fingerprint density at radius 1 is 0.938 bits per heavy atom. The quantitative estimate of drug-likeness (QED) is 0.212. The van der Waals surface area contributed by atoms with E-state index in [1.165, 1.54) is 0 Å². The second-order valence-corrected chi connectivity index (χ2v) is 5.30. The normalized spacial score (nSPS) is 45.7. The molecule has 8 nitrogen and oxygen atoms in total. The Kier molecular flexibility index (Phi) is 4.39. The largest absolute Gasteiger partial charge is 0.469 e. The highest BCUT2D eigenvalue weighted by atomic mass is 32.1. The van der Waals surface area contributed by atoms with E-state index in [0.717, 1.165) is 0 Å². The van der Waals surface area contributed by atoms with E-state index < -0.39 is 43.6 Å². The summed E-state index contributed by atoms with van der Waals surface area (Å²) < 4.78 is 14.8. The van der Waals surface area contributed by atoms with Gasteiger partial charge in [-0.05, 0) is 0 Å². The van der Waals surface area contributed by atoms with Crippen molar-refractivity contribution >= 4 is 20.5 Å². The average Bonchev–Trinajstić information content (AvgIpc) is 2.17. The third kappa shape index (κ3) is 2.95. The molecule has 16 heavy (non-hydrogen) atoms. The van der Waals surface area contributed by atoms with Crippen LogP contribution in [0.15, 0.2) is 0 Å². The molecule has 1 aliphatic carbocycles. The second kappa shape index (κ2) is 4.89. The fourth-order valence-corrected chi connectivity index (χ4v) is 2.56. The molecule has 6 atom stereocenters. The first-order valence-electron chi connectivity index (χ1n) is 4.29. The number of hydrogen-bond acceptors (Lipinski definition) is 7. The molecule has 0 bridgehead atoms. The predicted octanol–water partition coefficient (Wildman–Crippen LogP) is -2.78. The molecule has 0 amide bonds. The molecule has 1 saturated carbocycles. The van der Waals surface area contributed by atoms with E-state index in [1.807, 2.05) is 0 Å². The maximum atomic E-state index is 10.6. The third-order valence-electron chi connectivity index (χ3n) is 2.33. The Morgan fingerprint density at radius 3 is 1.81 bits per heavy atom. The Labute approximate surface area is 96.1 Å². The zero-order valence-electron chi connectivity index (χ0n) is 7.86. The van der Waals surface area contributed by atoms with Gasteiger partial charge in [0.15, 0.2) is 0 Å². The van der Waals surface area contributed by atoms with Crippen LogP contribution in [0.1, 0.15) is 0 Å². The van der Waals surface area contributed by atoms with Gasteiger partial charge >= 0.3 is 7.82 Å². The zero-order chi connectivity index (χ0) is 12.7. The predicted molar refractivity (Wildman–Crippen MR) is 53.7 cm³/mol. The molecule has 6 N–H and O–H groups in total. The van der Waals surface area contributed by atoms with Gasteiger partial charge in [0, 0.05) is 0 Å². The molecule has 0 aromatic heterocycles. The van der Waals surface area contributed by atoms with Crippen LogP contribution in [0.5, 0.6) is 0 Å². The van der Waals surface area contributed by atoms with Crippen LogP contribution in [-0.4, -0.2) is 66.0 Å². The van der Waals surface area contributed by atoms with Crippen molar-refractivity contribution in [2.75, 3.05) is 0 Å². The van der Waals surface area contributed by atoms with Crippen LogP contribution in [0.2, 0.25) is 0 Å². The smallest absolute Gasteiger partial charge is 0.389 e. The van der Waals surface area contributed by atoms with Crippen molar-refractivity contribution in [3.8, 4) is 0 Å². The van der Waals surface area contributed by atoms with Crippen LogP contribution in [-0.2, 0) is 9.09 Å². The average molecular weight is 276 g/mol. The van der Waals surface area contributed by atoms with Gasteiger partial charge in [-0.25, -0.2) is 4.57 Å². The molecule has 96 valence electrons. The lowest BCUT2D eigenvalue weighted by Crippen LogP contribution is -2.62. The van der Waals surface area contributed by atoms with Gasteiger partial charge in [-0.15, -0.1) is 0 Å². The second-order valence-electron chi connectivity index (χ2n) is 3.51. The molecule has 0 aliphatic heterocycles. The Balaban J connectivity index is 2.87. The Hall–Kier alpha value is 0.300. The number of aliphatic hydroxyl groups is 4. The van der Waals surface area contributed by atoms with Crippen molar-refractivity contribution in [1.82, 2.24) is 0 Å². The summed E-state index contributed by atoms with van der Waals surface area (Å²) in [6.45, 7) is 0. The summed E-state index contributed by atoms with van der Waals surface area (Å²) in [6.07, 6.45) is -8.34. The molecule has 1 fully saturated rings. The summed E-state index contributed by atoms with van der Waals surface area (Å²) in [5.41, 5.74) is 0. The SMILES string of the molecule is O=P(O)(O)OC1C(O)C(O)C(O)C(O)C1S. The number of hydrogen-bond donors (Lipinski definition) is 7. The monoisotopic (exact) mass is 276 g/mol. The minimum atomic E-state index is -4.89. The van der Waals surface area contributed by atoms with Crippen molar-refractivity contribution in [2.45, 2.75) is 35.8 Å². The molecule has 0 aromatic carbocycles. The van der Waals surface area contributed by atoms with E-state index in [0.29, 0.717) is 0 Å². The van der Waals surface area contributed by atoms with Gasteiger partial charge < -0.3 is 30.2 Å². The highest BCUT2D eigenvalue weighted by molar-refractivity contribution is 7.81. The van der Waals surface area contributed by atoms with Crippen molar-refractivity contribution in [3.05, 3.63) is 0 Å². The maximum Gasteiger partial charge on any atom is 0.469 e. The fourth-order valence-electron chi connectivity index (χ4n) is 1.48. The van der Waals surface area contributed by atoms with Gasteiger partial charge in [0.05, 0.1) is 11.4 Å². The van der Waals surface area contributed by atoms with Gasteiger partial charge in [-0.3, -0.25) is 4.52 Å². The van der Waals surface area contributed by atoms with Gasteiger partial charge in [-0.2, -0.15) is 12.6 Å². The summed E-state index contributed by atoms with van der Waals surface area (Å²) in [4.78, 5) is 17.1. The first-order chi connectivity index (χ1) is 7.15. The molecule has 0 aromatic rings. The molecule has 1 aliphatic rings. The van der Waals surface area contributed by atoms with Gasteiger partial charge in [-0.1, -0.05) is 0 Å². The van der Waals surface area contributed by atoms with Crippen molar-refractivity contribution in [1.29, 1.82) is 0 Å². The summed E-state index contributed by atoms with van der Waals surface area (Å²) in [5.74, 6) is 0. The van der Waals surface area contributed by atoms with Crippen LogP contribution in [0.3, 0.4) is 0 Å². The van der Waals surface area contributed by atoms with E-state index in [4.69, 9.17) is 9.79 Å². The van der Waals surface area contributed by atoms with Crippen LogP contribution < -0.4 is 0 Å². The lowest BCUT2D eigenvalue weighted by molar-refractivity contribution is -0.169. The number of rotatable bonds is 2. The summed E-state index contributed by atoms with van der Waals surface area (Å²) in [6, 6.07) is 0. The number of thiol groups is 1. The fraction of sp³-hybridized carbons (Fsp3) is 1.00. The van der Waals surface area contributed by atoms with Crippen molar-refractivity contribution < 1.29 is 39.3 Å². The van der Waals surface area contributed by atoms with E-state index in [1.54, 1.807) is 0 Å². The van der Waals surface area contributed by atoms with Crippen LogP contribution in [0.25, 0.3) is 0 Å². The van der Waals surface area contributed by atoms with Crippen LogP contribution in [0.4, 0.5) is 0 Å². The van der Waals surface area contributed by atoms with E-state index in [-0.39, 0.29) is 0 Å². The molecular weight excluding hydrogens is 263 g/mol. The van der Waals surface area contributed by atoms with Crippen LogP contribution >= 0.6 is 20.5 Å². The standard InChI is InChI=1S/C6H13O8PS/c7-1-2(8)4(10)6(16)5(3(1)9)14-15(11,12)13/h1-10,16H,(H2,11,12,13). The zero-order valence-corrected chi connectivity index (χ0v) is 9.65. The van der Waals surface area contributed by atoms with Gasteiger partial charge in [0.25, 0.3) is 0 Å². The van der Waals surface area contributed by atoms with E-state index in [9.17, 15) is 25.0 Å². The van der Waals surface area contributed by atoms with Gasteiger partial charge in [0.2, 0.25) is 0 Å². The minimum Gasteiger partial charge on any atom is -0.389 e. The first kappa shape index (κ1) is 14.4.